The minimum atomic E-state index is -6.06. The number of alkyl halides is 8. The molecular formula is C6Cl2F8. The number of hydrogen-bond acceptors (Lipinski definition) is 0. The van der Waals surface area contributed by atoms with Gasteiger partial charge >= 0.3 is 17.0 Å². The smallest absolute Gasteiger partial charge is 0.213 e. The molecule has 0 aromatic carbocycles. The van der Waals surface area contributed by atoms with Crippen molar-refractivity contribution >= 4 is 23.2 Å². The number of hydrogen-bond donors (Lipinski definition) is 0. The Bertz CT molecular complexity index is 324. The highest BCUT2D eigenvalue weighted by atomic mass is 35.5. The first-order valence-electron chi connectivity index (χ1n) is 3.39. The quantitative estimate of drug-likeness (QED) is 0.463. The molecule has 0 aliphatic heterocycles. The van der Waals surface area contributed by atoms with Crippen LogP contribution in [0.5, 0.6) is 0 Å². The molecule has 0 spiro atoms. The summed E-state index contributed by atoms with van der Waals surface area (Å²) in [5.74, 6) is -18.7. The fraction of sp³-hybridized carbons (Fsp3) is 0.667. The molecule has 94 valence electrons. The maximum Gasteiger partial charge on any atom is 0.369 e. The summed E-state index contributed by atoms with van der Waals surface area (Å²) in [6.45, 7) is 0. The van der Waals surface area contributed by atoms with E-state index in [1.54, 1.807) is 0 Å². The van der Waals surface area contributed by atoms with Crippen LogP contribution in [0.1, 0.15) is 0 Å². The molecule has 0 aromatic heterocycles. The maximum atomic E-state index is 12.9. The topological polar surface area (TPSA) is 0 Å². The average molecular weight is 295 g/mol. The van der Waals surface area contributed by atoms with Gasteiger partial charge in [0.2, 0.25) is 5.83 Å². The number of halogens is 10. The summed E-state index contributed by atoms with van der Waals surface area (Å²) in [5.41, 5.74) is 0. The van der Waals surface area contributed by atoms with Gasteiger partial charge in [0.05, 0.1) is 0 Å². The first-order chi connectivity index (χ1) is 6.82. The van der Waals surface area contributed by atoms with Crippen LogP contribution in [-0.4, -0.2) is 22.1 Å². The summed E-state index contributed by atoms with van der Waals surface area (Å²) in [4.78, 5) is 0. The van der Waals surface area contributed by atoms with Gasteiger partial charge in [0.15, 0.2) is 5.83 Å². The van der Waals surface area contributed by atoms with Crippen molar-refractivity contribution in [2.45, 2.75) is 22.1 Å². The highest BCUT2D eigenvalue weighted by molar-refractivity contribution is 6.35. The third kappa shape index (κ3) is 1.23. The Morgan fingerprint density at radius 1 is 0.750 bits per heavy atom. The van der Waals surface area contributed by atoms with Crippen LogP contribution < -0.4 is 0 Å². The molecule has 0 amide bonds. The van der Waals surface area contributed by atoms with Crippen LogP contribution in [0.2, 0.25) is 0 Å². The molecule has 1 aliphatic carbocycles. The van der Waals surface area contributed by atoms with Crippen LogP contribution in [-0.2, 0) is 0 Å². The van der Waals surface area contributed by atoms with E-state index in [0.29, 0.717) is 0 Å². The highest BCUT2D eigenvalue weighted by Crippen LogP contribution is 2.63. The standard InChI is InChI=1S/C6Cl2F8/c7-3(11)1(9)2(10)4(12,13)6(15,16)5(3,8)14. The van der Waals surface area contributed by atoms with Crippen LogP contribution in [0.15, 0.2) is 11.7 Å². The van der Waals surface area contributed by atoms with Crippen LogP contribution in [0.3, 0.4) is 0 Å². The summed E-state index contributed by atoms with van der Waals surface area (Å²) < 4.78 is 101. The molecule has 0 saturated carbocycles. The molecule has 0 aromatic rings. The Balaban J connectivity index is 3.64. The SMILES string of the molecule is FC1=C(F)C(F)(Cl)C(F)(Cl)C(F)(F)C1(F)F. The lowest BCUT2D eigenvalue weighted by Crippen LogP contribution is -2.65. The molecule has 0 N–H and O–H groups in total. The van der Waals surface area contributed by atoms with Crippen LogP contribution >= 0.6 is 23.2 Å². The largest absolute Gasteiger partial charge is 0.369 e. The second kappa shape index (κ2) is 3.16. The third-order valence-electron chi connectivity index (χ3n) is 1.93. The molecular weight excluding hydrogens is 295 g/mol. The predicted octanol–water partition coefficient (Wildman–Crippen LogP) is 4.23. The van der Waals surface area contributed by atoms with E-state index >= 15 is 0 Å². The maximum absolute atomic E-state index is 12.9. The molecule has 0 nitrogen and oxygen atoms in total. The zero-order chi connectivity index (χ0) is 13.2. The van der Waals surface area contributed by atoms with Crippen molar-refractivity contribution in [2.24, 2.45) is 0 Å². The van der Waals surface area contributed by atoms with Crippen molar-refractivity contribution < 1.29 is 35.1 Å². The highest BCUT2D eigenvalue weighted by Gasteiger charge is 2.84. The lowest BCUT2D eigenvalue weighted by Gasteiger charge is -2.41. The summed E-state index contributed by atoms with van der Waals surface area (Å²) in [5, 5.41) is -10.3. The monoisotopic (exact) mass is 294 g/mol. The first-order valence-corrected chi connectivity index (χ1v) is 4.15. The molecule has 16 heavy (non-hydrogen) atoms. The average Bonchev–Trinajstić information content (AvgIpc) is 2.12. The lowest BCUT2D eigenvalue weighted by molar-refractivity contribution is -0.265. The first kappa shape index (κ1) is 13.8. The summed E-state index contributed by atoms with van der Waals surface area (Å²) in [6, 6.07) is 0. The molecule has 0 bridgehead atoms. The molecule has 0 fully saturated rings. The van der Waals surface area contributed by atoms with E-state index in [1.165, 1.54) is 0 Å². The van der Waals surface area contributed by atoms with Gasteiger partial charge in [-0.3, -0.25) is 0 Å². The van der Waals surface area contributed by atoms with E-state index < -0.39 is 33.8 Å². The lowest BCUT2D eigenvalue weighted by atomic mass is 9.93. The predicted molar refractivity (Wildman–Crippen MR) is 38.5 cm³/mol. The van der Waals surface area contributed by atoms with Crippen molar-refractivity contribution in [2.75, 3.05) is 0 Å². The van der Waals surface area contributed by atoms with Crippen molar-refractivity contribution in [3.8, 4) is 0 Å². The minimum absolute atomic E-state index is 3.22. The molecule has 2 unspecified atom stereocenters. The van der Waals surface area contributed by atoms with E-state index in [0.717, 1.165) is 0 Å². The third-order valence-corrected chi connectivity index (χ3v) is 2.95. The summed E-state index contributed by atoms with van der Waals surface area (Å²) in [6.07, 6.45) is 0. The molecule has 10 heteroatoms. The van der Waals surface area contributed by atoms with Gasteiger partial charge in [0.25, 0.3) is 5.13 Å². The minimum Gasteiger partial charge on any atom is -0.213 e. The Hall–Kier alpha value is -0.240. The van der Waals surface area contributed by atoms with Gasteiger partial charge in [-0.25, -0.2) is 17.6 Å². The normalized spacial score (nSPS) is 42.4. The van der Waals surface area contributed by atoms with Crippen molar-refractivity contribution in [1.29, 1.82) is 0 Å². The fourth-order valence-corrected chi connectivity index (χ4v) is 1.35. The van der Waals surface area contributed by atoms with Crippen LogP contribution in [0, 0.1) is 0 Å². The molecule has 1 aliphatic rings. The Kier molecular flexibility index (Phi) is 2.73. The van der Waals surface area contributed by atoms with Gasteiger partial charge in [-0.2, -0.15) is 17.6 Å². The summed E-state index contributed by atoms with van der Waals surface area (Å²) >= 11 is 8.42. The van der Waals surface area contributed by atoms with E-state index in [4.69, 9.17) is 0 Å². The van der Waals surface area contributed by atoms with Gasteiger partial charge in [0, 0.05) is 0 Å². The van der Waals surface area contributed by atoms with Gasteiger partial charge < -0.3 is 0 Å². The van der Waals surface area contributed by atoms with E-state index in [9.17, 15) is 35.1 Å². The number of rotatable bonds is 0. The summed E-state index contributed by atoms with van der Waals surface area (Å²) in [7, 11) is 0. The Morgan fingerprint density at radius 3 is 1.50 bits per heavy atom. The van der Waals surface area contributed by atoms with Crippen molar-refractivity contribution in [3.63, 3.8) is 0 Å². The Morgan fingerprint density at radius 2 is 1.12 bits per heavy atom. The zero-order valence-corrected chi connectivity index (χ0v) is 8.29. The zero-order valence-electron chi connectivity index (χ0n) is 6.78. The van der Waals surface area contributed by atoms with Crippen LogP contribution in [0.25, 0.3) is 0 Å². The van der Waals surface area contributed by atoms with Crippen LogP contribution in [0.4, 0.5) is 35.1 Å². The van der Waals surface area contributed by atoms with Gasteiger partial charge in [-0.1, -0.05) is 23.2 Å². The Labute approximate surface area is 92.8 Å². The van der Waals surface area contributed by atoms with Crippen molar-refractivity contribution in [3.05, 3.63) is 11.7 Å². The molecule has 0 saturated heterocycles. The molecule has 1 rings (SSSR count). The van der Waals surface area contributed by atoms with Crippen molar-refractivity contribution in [1.82, 2.24) is 0 Å². The molecule has 2 atom stereocenters. The van der Waals surface area contributed by atoms with E-state index in [2.05, 4.69) is 23.2 Å². The van der Waals surface area contributed by atoms with Gasteiger partial charge in [0.1, 0.15) is 0 Å². The fourth-order valence-electron chi connectivity index (χ4n) is 0.946. The second-order valence-electron chi connectivity index (χ2n) is 2.93. The van der Waals surface area contributed by atoms with E-state index in [-0.39, 0.29) is 0 Å². The molecule has 0 heterocycles. The second-order valence-corrected chi connectivity index (χ2v) is 3.97. The van der Waals surface area contributed by atoms with Gasteiger partial charge in [-0.05, 0) is 0 Å². The molecule has 0 radical (unpaired) electrons. The van der Waals surface area contributed by atoms with Gasteiger partial charge in [-0.15, -0.1) is 0 Å². The van der Waals surface area contributed by atoms with E-state index in [1.807, 2.05) is 0 Å². The number of allylic oxidation sites excluding steroid dienone is 2.